The topological polar surface area (TPSA) is 49.8 Å². The van der Waals surface area contributed by atoms with Gasteiger partial charge in [-0.3, -0.25) is 4.79 Å². The molecular formula is C14H17NO3. The molecule has 1 aliphatic rings. The van der Waals surface area contributed by atoms with Gasteiger partial charge in [-0.1, -0.05) is 12.2 Å². The lowest BCUT2D eigenvalue weighted by atomic mass is 10.0. The number of carbonyl (C=O) groups excluding carboxylic acids is 1. The van der Waals surface area contributed by atoms with E-state index in [2.05, 4.69) is 6.58 Å². The van der Waals surface area contributed by atoms with E-state index in [-0.39, 0.29) is 11.7 Å². The highest BCUT2D eigenvalue weighted by Crippen LogP contribution is 2.39. The summed E-state index contributed by atoms with van der Waals surface area (Å²) in [5.41, 5.74) is 0.553. The van der Waals surface area contributed by atoms with Gasteiger partial charge in [-0.15, -0.1) is 0 Å². The molecule has 4 nitrogen and oxygen atoms in total. The van der Waals surface area contributed by atoms with Crippen molar-refractivity contribution >= 4 is 11.6 Å². The van der Waals surface area contributed by atoms with Crippen molar-refractivity contribution in [2.75, 3.05) is 11.4 Å². The molecule has 0 bridgehead atoms. The fraction of sp³-hybridized carbons (Fsp3) is 0.357. The SMILES string of the molecule is C=C(C)CN1C(=O)C(C)(C)Oc2ccc(O)cc21. The molecule has 0 unspecified atom stereocenters. The normalized spacial score (nSPS) is 17.1. The van der Waals surface area contributed by atoms with Gasteiger partial charge in [-0.25, -0.2) is 0 Å². The number of ether oxygens (including phenoxy) is 1. The van der Waals surface area contributed by atoms with Crippen LogP contribution >= 0.6 is 0 Å². The van der Waals surface area contributed by atoms with E-state index in [1.54, 1.807) is 30.9 Å². The fourth-order valence-corrected chi connectivity index (χ4v) is 1.98. The molecule has 1 aromatic rings. The summed E-state index contributed by atoms with van der Waals surface area (Å²) in [6.07, 6.45) is 0. The molecule has 0 aliphatic carbocycles. The molecule has 1 heterocycles. The number of hydrogen-bond donors (Lipinski definition) is 1. The van der Waals surface area contributed by atoms with Crippen LogP contribution in [-0.4, -0.2) is 23.2 Å². The Labute approximate surface area is 106 Å². The van der Waals surface area contributed by atoms with Crippen LogP contribution in [0, 0.1) is 0 Å². The molecule has 0 fully saturated rings. The van der Waals surface area contributed by atoms with Crippen molar-refractivity contribution in [1.82, 2.24) is 0 Å². The number of carbonyl (C=O) groups is 1. The highest BCUT2D eigenvalue weighted by Gasteiger charge is 2.40. The van der Waals surface area contributed by atoms with Gasteiger partial charge >= 0.3 is 0 Å². The second kappa shape index (κ2) is 4.05. The molecule has 4 heteroatoms. The fourth-order valence-electron chi connectivity index (χ4n) is 1.98. The van der Waals surface area contributed by atoms with Crippen LogP contribution in [0.1, 0.15) is 20.8 Å². The van der Waals surface area contributed by atoms with Crippen LogP contribution in [0.2, 0.25) is 0 Å². The van der Waals surface area contributed by atoms with Gasteiger partial charge in [-0.2, -0.15) is 0 Å². The number of phenols is 1. The van der Waals surface area contributed by atoms with Gasteiger partial charge in [-0.05, 0) is 32.9 Å². The van der Waals surface area contributed by atoms with Crippen molar-refractivity contribution < 1.29 is 14.6 Å². The smallest absolute Gasteiger partial charge is 0.270 e. The second-order valence-electron chi connectivity index (χ2n) is 5.11. The second-order valence-corrected chi connectivity index (χ2v) is 5.11. The zero-order chi connectivity index (χ0) is 13.5. The maximum Gasteiger partial charge on any atom is 0.270 e. The van der Waals surface area contributed by atoms with E-state index < -0.39 is 5.60 Å². The summed E-state index contributed by atoms with van der Waals surface area (Å²) < 4.78 is 5.67. The molecular weight excluding hydrogens is 230 g/mol. The zero-order valence-corrected chi connectivity index (χ0v) is 10.9. The average Bonchev–Trinajstić information content (AvgIpc) is 2.25. The number of benzene rings is 1. The quantitative estimate of drug-likeness (QED) is 0.817. The first-order valence-electron chi connectivity index (χ1n) is 5.79. The van der Waals surface area contributed by atoms with Gasteiger partial charge < -0.3 is 14.7 Å². The van der Waals surface area contributed by atoms with Crippen LogP contribution in [0.5, 0.6) is 11.5 Å². The first kappa shape index (κ1) is 12.5. The predicted molar refractivity (Wildman–Crippen MR) is 70.0 cm³/mol. The number of nitrogens with zero attached hydrogens (tertiary/aromatic N) is 1. The van der Waals surface area contributed by atoms with E-state index >= 15 is 0 Å². The third-order valence-electron chi connectivity index (χ3n) is 2.79. The summed E-state index contributed by atoms with van der Waals surface area (Å²) in [5, 5.41) is 9.54. The van der Waals surface area contributed by atoms with Gasteiger partial charge in [0.2, 0.25) is 0 Å². The summed E-state index contributed by atoms with van der Waals surface area (Å²) >= 11 is 0. The summed E-state index contributed by atoms with van der Waals surface area (Å²) in [5.74, 6) is 0.568. The highest BCUT2D eigenvalue weighted by molar-refractivity contribution is 6.02. The number of hydrogen-bond acceptors (Lipinski definition) is 3. The molecule has 1 N–H and O–H groups in total. The van der Waals surface area contributed by atoms with E-state index in [1.165, 1.54) is 6.07 Å². The number of aromatic hydroxyl groups is 1. The van der Waals surface area contributed by atoms with Gasteiger partial charge in [0, 0.05) is 12.6 Å². The maximum atomic E-state index is 12.3. The van der Waals surface area contributed by atoms with Crippen LogP contribution in [0.25, 0.3) is 0 Å². The Balaban J connectivity index is 2.53. The van der Waals surface area contributed by atoms with Gasteiger partial charge in [0.15, 0.2) is 5.60 Å². The lowest BCUT2D eigenvalue weighted by Gasteiger charge is -2.38. The van der Waals surface area contributed by atoms with Gasteiger partial charge in [0.05, 0.1) is 5.69 Å². The largest absolute Gasteiger partial charge is 0.508 e. The van der Waals surface area contributed by atoms with Crippen LogP contribution in [-0.2, 0) is 4.79 Å². The molecule has 0 saturated heterocycles. The lowest BCUT2D eigenvalue weighted by molar-refractivity contribution is -0.132. The Morgan fingerprint density at radius 2 is 2.17 bits per heavy atom. The predicted octanol–water partition coefficient (Wildman–Crippen LogP) is 2.47. The molecule has 0 radical (unpaired) electrons. The minimum absolute atomic E-state index is 0.108. The van der Waals surface area contributed by atoms with Crippen LogP contribution in [0.4, 0.5) is 5.69 Å². The molecule has 18 heavy (non-hydrogen) atoms. The summed E-state index contributed by atoms with van der Waals surface area (Å²) in [4.78, 5) is 13.9. The molecule has 0 saturated carbocycles. The lowest BCUT2D eigenvalue weighted by Crippen LogP contribution is -2.52. The van der Waals surface area contributed by atoms with Crippen molar-refractivity contribution in [3.63, 3.8) is 0 Å². The Bertz CT molecular complexity index is 520. The Morgan fingerprint density at radius 1 is 1.50 bits per heavy atom. The number of fused-ring (bicyclic) bond motifs is 1. The van der Waals surface area contributed by atoms with Crippen molar-refractivity contribution in [3.05, 3.63) is 30.4 Å². The zero-order valence-electron chi connectivity index (χ0n) is 10.9. The summed E-state index contributed by atoms with van der Waals surface area (Å²) in [6, 6.07) is 4.75. The first-order chi connectivity index (χ1) is 8.31. The van der Waals surface area contributed by atoms with Crippen molar-refractivity contribution in [1.29, 1.82) is 0 Å². The van der Waals surface area contributed by atoms with E-state index in [9.17, 15) is 9.90 Å². The van der Waals surface area contributed by atoms with Crippen LogP contribution < -0.4 is 9.64 Å². The molecule has 0 spiro atoms. The van der Waals surface area contributed by atoms with E-state index in [0.29, 0.717) is 18.0 Å². The molecule has 1 amide bonds. The van der Waals surface area contributed by atoms with Gasteiger partial charge in [0.1, 0.15) is 11.5 Å². The molecule has 0 aromatic heterocycles. The molecule has 1 aromatic carbocycles. The molecule has 0 atom stereocenters. The monoisotopic (exact) mass is 247 g/mol. The van der Waals surface area contributed by atoms with Crippen molar-refractivity contribution in [3.8, 4) is 11.5 Å². The van der Waals surface area contributed by atoms with E-state index in [1.807, 2.05) is 6.92 Å². The molecule has 1 aliphatic heterocycles. The van der Waals surface area contributed by atoms with Crippen molar-refractivity contribution in [2.24, 2.45) is 0 Å². The van der Waals surface area contributed by atoms with Crippen LogP contribution in [0.15, 0.2) is 30.4 Å². The number of anilines is 1. The van der Waals surface area contributed by atoms with Crippen LogP contribution in [0.3, 0.4) is 0 Å². The Morgan fingerprint density at radius 3 is 2.78 bits per heavy atom. The number of amides is 1. The Hall–Kier alpha value is -1.97. The third kappa shape index (κ3) is 2.06. The average molecular weight is 247 g/mol. The minimum Gasteiger partial charge on any atom is -0.508 e. The third-order valence-corrected chi connectivity index (χ3v) is 2.79. The van der Waals surface area contributed by atoms with E-state index in [0.717, 1.165) is 5.57 Å². The van der Waals surface area contributed by atoms with E-state index in [4.69, 9.17) is 4.74 Å². The maximum absolute atomic E-state index is 12.3. The highest BCUT2D eigenvalue weighted by atomic mass is 16.5. The summed E-state index contributed by atoms with van der Waals surface area (Å²) in [6.45, 7) is 9.57. The molecule has 2 rings (SSSR count). The Kier molecular flexibility index (Phi) is 2.81. The standard InChI is InChI=1S/C14H17NO3/c1-9(2)8-15-11-7-10(16)5-6-12(11)18-14(3,4)13(15)17/h5-7,16H,1,8H2,2-4H3. The molecule has 96 valence electrons. The summed E-state index contributed by atoms with van der Waals surface area (Å²) in [7, 11) is 0. The first-order valence-corrected chi connectivity index (χ1v) is 5.79. The van der Waals surface area contributed by atoms with Gasteiger partial charge in [0.25, 0.3) is 5.91 Å². The van der Waals surface area contributed by atoms with Crippen molar-refractivity contribution in [2.45, 2.75) is 26.4 Å². The number of rotatable bonds is 2. The minimum atomic E-state index is -0.903. The number of phenolic OH excluding ortho intramolecular Hbond substituents is 1.